The zero-order valence-corrected chi connectivity index (χ0v) is 12.1. The molecule has 2 aromatic rings. The van der Waals surface area contributed by atoms with Crippen molar-refractivity contribution in [1.29, 1.82) is 0 Å². The maximum absolute atomic E-state index is 4.37. The van der Waals surface area contributed by atoms with Crippen LogP contribution in [-0.2, 0) is 6.54 Å². The second-order valence-corrected chi connectivity index (χ2v) is 5.55. The lowest BCUT2D eigenvalue weighted by molar-refractivity contribution is 0.460. The summed E-state index contributed by atoms with van der Waals surface area (Å²) in [7, 11) is 0. The van der Waals surface area contributed by atoms with Crippen LogP contribution in [0.2, 0.25) is 0 Å². The highest BCUT2D eigenvalue weighted by Gasteiger charge is 2.10. The molecule has 1 aromatic heterocycles. The van der Waals surface area contributed by atoms with Gasteiger partial charge < -0.3 is 4.90 Å². The van der Waals surface area contributed by atoms with Crippen molar-refractivity contribution in [1.82, 2.24) is 9.88 Å². The van der Waals surface area contributed by atoms with E-state index in [0.717, 1.165) is 13.0 Å². The Morgan fingerprint density at radius 3 is 3.00 bits per heavy atom. The molecule has 0 radical (unpaired) electrons. The third-order valence-corrected chi connectivity index (χ3v) is 3.86. The molecule has 0 bridgehead atoms. The average Bonchev–Trinajstić information content (AvgIpc) is 2.61. The minimum atomic E-state index is 0.613. The fourth-order valence-corrected chi connectivity index (χ4v) is 2.76. The number of hydrogen-bond acceptors (Lipinski definition) is 2. The molecule has 2 heteroatoms. The van der Waals surface area contributed by atoms with Crippen LogP contribution in [0.3, 0.4) is 0 Å². The van der Waals surface area contributed by atoms with Gasteiger partial charge in [-0.15, -0.1) is 0 Å². The first-order valence-electron chi connectivity index (χ1n) is 7.17. The number of fused-ring (bicyclic) bond motifs is 1. The Labute approximate surface area is 120 Å². The fraction of sp³-hybridized carbons (Fsp3) is 0.278. The minimum Gasteiger partial charge on any atom is -0.348 e. The van der Waals surface area contributed by atoms with Crippen molar-refractivity contribution in [3.05, 3.63) is 66.3 Å². The van der Waals surface area contributed by atoms with Crippen LogP contribution in [0.15, 0.2) is 60.7 Å². The maximum Gasteiger partial charge on any atom is 0.0493 e. The van der Waals surface area contributed by atoms with Crippen molar-refractivity contribution in [3.8, 4) is 0 Å². The van der Waals surface area contributed by atoms with E-state index in [1.165, 1.54) is 22.0 Å². The van der Waals surface area contributed by atoms with Gasteiger partial charge in [0.2, 0.25) is 0 Å². The van der Waals surface area contributed by atoms with Crippen molar-refractivity contribution >= 4 is 10.8 Å². The topological polar surface area (TPSA) is 16.1 Å². The summed E-state index contributed by atoms with van der Waals surface area (Å²) in [4.78, 5) is 6.68. The van der Waals surface area contributed by atoms with Gasteiger partial charge in [-0.05, 0) is 30.2 Å². The summed E-state index contributed by atoms with van der Waals surface area (Å²) in [6, 6.07) is 8.45. The lowest BCUT2D eigenvalue weighted by Gasteiger charge is -2.21. The van der Waals surface area contributed by atoms with Gasteiger partial charge in [0.05, 0.1) is 0 Å². The Kier molecular flexibility index (Phi) is 3.55. The molecule has 1 aliphatic rings. The second-order valence-electron chi connectivity index (χ2n) is 5.55. The quantitative estimate of drug-likeness (QED) is 0.794. The molecule has 1 aliphatic heterocycles. The van der Waals surface area contributed by atoms with Gasteiger partial charge in [0, 0.05) is 36.2 Å². The molecular formula is C18H20N2. The van der Waals surface area contributed by atoms with Gasteiger partial charge in [0.15, 0.2) is 0 Å². The molecule has 2 nitrogen and oxygen atoms in total. The Hall–Kier alpha value is -2.09. The Morgan fingerprint density at radius 1 is 1.25 bits per heavy atom. The smallest absolute Gasteiger partial charge is 0.0493 e. The standard InChI is InChI=1S/C18H20N2/c1-14-6-5-9-20(15(2)10-14)13-17-12-19-11-16-7-3-4-8-18(16)17/h3-5,7-12,14H,6,13H2,1-2H3. The molecule has 102 valence electrons. The lowest BCUT2D eigenvalue weighted by atomic mass is 10.1. The van der Waals surface area contributed by atoms with Crippen LogP contribution in [-0.4, -0.2) is 9.88 Å². The molecule has 0 saturated carbocycles. The molecule has 1 aromatic carbocycles. The fourth-order valence-electron chi connectivity index (χ4n) is 2.76. The lowest BCUT2D eigenvalue weighted by Crippen LogP contribution is -2.14. The highest BCUT2D eigenvalue weighted by atomic mass is 15.1. The first-order valence-corrected chi connectivity index (χ1v) is 7.17. The summed E-state index contributed by atoms with van der Waals surface area (Å²) in [6.45, 7) is 5.32. The highest BCUT2D eigenvalue weighted by Crippen LogP contribution is 2.23. The van der Waals surface area contributed by atoms with Gasteiger partial charge >= 0.3 is 0 Å². The zero-order chi connectivity index (χ0) is 13.9. The van der Waals surface area contributed by atoms with Crippen molar-refractivity contribution in [2.24, 2.45) is 5.92 Å². The normalized spacial score (nSPS) is 19.0. The predicted octanol–water partition coefficient (Wildman–Crippen LogP) is 4.49. The van der Waals surface area contributed by atoms with E-state index in [9.17, 15) is 0 Å². The van der Waals surface area contributed by atoms with Crippen molar-refractivity contribution in [2.75, 3.05) is 0 Å². The second kappa shape index (κ2) is 5.49. The van der Waals surface area contributed by atoms with E-state index >= 15 is 0 Å². The summed E-state index contributed by atoms with van der Waals surface area (Å²) in [5.74, 6) is 0.613. The Balaban J connectivity index is 1.95. The van der Waals surface area contributed by atoms with Gasteiger partial charge in [0.1, 0.15) is 0 Å². The van der Waals surface area contributed by atoms with Crippen LogP contribution in [0.1, 0.15) is 25.8 Å². The van der Waals surface area contributed by atoms with Gasteiger partial charge in [-0.3, -0.25) is 4.98 Å². The molecule has 0 spiro atoms. The molecule has 0 N–H and O–H groups in total. The third kappa shape index (κ3) is 2.60. The van der Waals surface area contributed by atoms with E-state index in [-0.39, 0.29) is 0 Å². The van der Waals surface area contributed by atoms with Gasteiger partial charge in [-0.25, -0.2) is 0 Å². The Bertz CT molecular complexity index is 665. The van der Waals surface area contributed by atoms with Crippen molar-refractivity contribution < 1.29 is 0 Å². The first-order chi connectivity index (χ1) is 9.74. The molecule has 3 rings (SSSR count). The summed E-state index contributed by atoms with van der Waals surface area (Å²) in [6.07, 6.45) is 11.8. The Morgan fingerprint density at radius 2 is 2.10 bits per heavy atom. The monoisotopic (exact) mass is 264 g/mol. The number of aromatic nitrogens is 1. The maximum atomic E-state index is 4.37. The average molecular weight is 264 g/mol. The number of rotatable bonds is 2. The van der Waals surface area contributed by atoms with Crippen LogP contribution >= 0.6 is 0 Å². The molecule has 0 fully saturated rings. The van der Waals surface area contributed by atoms with E-state index in [1.54, 1.807) is 0 Å². The van der Waals surface area contributed by atoms with Crippen molar-refractivity contribution in [2.45, 2.75) is 26.8 Å². The molecule has 0 aliphatic carbocycles. The summed E-state index contributed by atoms with van der Waals surface area (Å²) >= 11 is 0. The summed E-state index contributed by atoms with van der Waals surface area (Å²) < 4.78 is 0. The molecule has 1 unspecified atom stereocenters. The largest absolute Gasteiger partial charge is 0.348 e. The van der Waals surface area contributed by atoms with Crippen LogP contribution in [0.5, 0.6) is 0 Å². The molecular weight excluding hydrogens is 244 g/mol. The number of allylic oxidation sites excluding steroid dienone is 3. The zero-order valence-electron chi connectivity index (χ0n) is 12.1. The van der Waals surface area contributed by atoms with Gasteiger partial charge in [-0.2, -0.15) is 0 Å². The van der Waals surface area contributed by atoms with Crippen LogP contribution < -0.4 is 0 Å². The molecule has 0 saturated heterocycles. The number of hydrogen-bond donors (Lipinski definition) is 0. The number of benzene rings is 1. The molecule has 20 heavy (non-hydrogen) atoms. The predicted molar refractivity (Wildman–Crippen MR) is 84.0 cm³/mol. The third-order valence-electron chi connectivity index (χ3n) is 3.86. The molecule has 0 amide bonds. The van der Waals surface area contributed by atoms with Crippen LogP contribution in [0, 0.1) is 5.92 Å². The van der Waals surface area contributed by atoms with Crippen LogP contribution in [0.4, 0.5) is 0 Å². The van der Waals surface area contributed by atoms with E-state index < -0.39 is 0 Å². The van der Waals surface area contributed by atoms with Gasteiger partial charge in [-0.1, -0.05) is 43.3 Å². The molecule has 2 heterocycles. The summed E-state index contributed by atoms with van der Waals surface area (Å²) in [5.41, 5.74) is 2.59. The SMILES string of the molecule is CC1=CC(C)CC=CN1Cc1cncc2ccccc12. The van der Waals surface area contributed by atoms with Crippen LogP contribution in [0.25, 0.3) is 10.8 Å². The summed E-state index contributed by atoms with van der Waals surface area (Å²) in [5, 5.41) is 2.50. The van der Waals surface area contributed by atoms with E-state index in [1.807, 2.05) is 12.4 Å². The minimum absolute atomic E-state index is 0.613. The first kappa shape index (κ1) is 12.9. The highest BCUT2D eigenvalue weighted by molar-refractivity contribution is 5.84. The molecule has 1 atom stereocenters. The van der Waals surface area contributed by atoms with E-state index in [2.05, 4.69) is 66.3 Å². The van der Waals surface area contributed by atoms with Crippen molar-refractivity contribution in [3.63, 3.8) is 0 Å². The number of nitrogens with zero attached hydrogens (tertiary/aromatic N) is 2. The van der Waals surface area contributed by atoms with E-state index in [0.29, 0.717) is 5.92 Å². The van der Waals surface area contributed by atoms with E-state index in [4.69, 9.17) is 0 Å². The number of pyridine rings is 1. The van der Waals surface area contributed by atoms with Gasteiger partial charge in [0.25, 0.3) is 0 Å².